The van der Waals surface area contributed by atoms with E-state index in [2.05, 4.69) is 15.2 Å². The van der Waals surface area contributed by atoms with Crippen molar-refractivity contribution in [3.05, 3.63) is 58.8 Å². The Morgan fingerprint density at radius 2 is 1.76 bits per heavy atom. The highest BCUT2D eigenvalue weighted by Gasteiger charge is 2.29. The number of hydrogen-bond acceptors (Lipinski definition) is 3. The van der Waals surface area contributed by atoms with E-state index in [1.54, 1.807) is 4.40 Å². The Morgan fingerprint density at radius 1 is 1.05 bits per heavy atom. The van der Waals surface area contributed by atoms with Crippen LogP contribution in [0.5, 0.6) is 0 Å². The van der Waals surface area contributed by atoms with Crippen molar-refractivity contribution in [2.45, 2.75) is 12.6 Å². The van der Waals surface area contributed by atoms with Gasteiger partial charge in [0.1, 0.15) is 11.0 Å². The molecule has 108 valence electrons. The molecule has 21 heavy (non-hydrogen) atoms. The zero-order valence-electron chi connectivity index (χ0n) is 10.5. The van der Waals surface area contributed by atoms with Crippen LogP contribution >= 0.6 is 11.6 Å². The van der Waals surface area contributed by atoms with Crippen LogP contribution < -0.4 is 0 Å². The molecule has 0 radical (unpaired) electrons. The maximum atomic E-state index is 12.5. The lowest BCUT2D eigenvalue weighted by Crippen LogP contribution is -2.05. The highest BCUT2D eigenvalue weighted by atomic mass is 35.5. The van der Waals surface area contributed by atoms with E-state index in [-0.39, 0.29) is 0 Å². The predicted molar refractivity (Wildman–Crippen MR) is 70.0 cm³/mol. The molecular weight excluding hydrogens is 305 g/mol. The van der Waals surface area contributed by atoms with Crippen LogP contribution in [0.2, 0.25) is 5.15 Å². The van der Waals surface area contributed by atoms with Crippen LogP contribution in [0.4, 0.5) is 13.2 Å². The summed E-state index contributed by atoms with van der Waals surface area (Å²) in [5.74, 6) is 0.539. The Labute approximate surface area is 122 Å². The molecule has 0 aliphatic heterocycles. The summed E-state index contributed by atoms with van der Waals surface area (Å²) in [5, 5.41) is 8.25. The molecule has 0 aliphatic rings. The molecule has 2 heterocycles. The maximum Gasteiger partial charge on any atom is 0.416 e. The summed E-state index contributed by atoms with van der Waals surface area (Å²) in [6.07, 6.45) is -1.05. The third-order valence-corrected chi connectivity index (χ3v) is 3.25. The van der Waals surface area contributed by atoms with Crippen LogP contribution in [-0.2, 0) is 12.6 Å². The first-order chi connectivity index (χ1) is 9.95. The van der Waals surface area contributed by atoms with Gasteiger partial charge in [0.05, 0.1) is 18.0 Å². The Kier molecular flexibility index (Phi) is 3.29. The van der Waals surface area contributed by atoms with E-state index in [1.807, 2.05) is 0 Å². The molecular formula is C13H8ClF3N4. The first-order valence-corrected chi connectivity index (χ1v) is 6.32. The van der Waals surface area contributed by atoms with Gasteiger partial charge in [-0.25, -0.2) is 0 Å². The molecule has 3 rings (SSSR count). The maximum absolute atomic E-state index is 12.5. The van der Waals surface area contributed by atoms with Crippen molar-refractivity contribution in [2.75, 3.05) is 0 Å². The van der Waals surface area contributed by atoms with Gasteiger partial charge in [0.25, 0.3) is 0 Å². The number of fused-ring (bicyclic) bond motifs is 1. The third kappa shape index (κ3) is 2.69. The second-order valence-electron chi connectivity index (χ2n) is 4.41. The average Bonchev–Trinajstić information content (AvgIpc) is 2.83. The number of benzene rings is 1. The Hall–Kier alpha value is -2.15. The highest BCUT2D eigenvalue weighted by Crippen LogP contribution is 2.29. The largest absolute Gasteiger partial charge is 0.416 e. The molecule has 0 fully saturated rings. The third-order valence-electron chi connectivity index (χ3n) is 2.98. The van der Waals surface area contributed by atoms with Gasteiger partial charge in [-0.05, 0) is 17.7 Å². The first kappa shape index (κ1) is 13.8. The summed E-state index contributed by atoms with van der Waals surface area (Å²) in [6.45, 7) is 0. The Morgan fingerprint density at radius 3 is 2.43 bits per heavy atom. The van der Waals surface area contributed by atoms with E-state index >= 15 is 0 Å². The van der Waals surface area contributed by atoms with Crippen molar-refractivity contribution in [1.29, 1.82) is 0 Å². The molecule has 0 amide bonds. The molecule has 2 aromatic heterocycles. The van der Waals surface area contributed by atoms with Gasteiger partial charge in [-0.15, -0.1) is 10.2 Å². The summed E-state index contributed by atoms with van der Waals surface area (Å²) < 4.78 is 39.1. The molecule has 3 aromatic rings. The van der Waals surface area contributed by atoms with E-state index in [0.717, 1.165) is 12.1 Å². The standard InChI is InChI=1S/C13H8ClF3N4/c14-10-6-18-7-12-20-19-11(21(10)12)5-8-1-3-9(4-2-8)13(15,16)17/h1-4,6-7H,5H2. The van der Waals surface area contributed by atoms with E-state index in [1.165, 1.54) is 24.5 Å². The Bertz CT molecular complexity index is 780. The van der Waals surface area contributed by atoms with Crippen molar-refractivity contribution in [3.8, 4) is 0 Å². The van der Waals surface area contributed by atoms with Crippen molar-refractivity contribution < 1.29 is 13.2 Å². The summed E-state index contributed by atoms with van der Waals surface area (Å²) in [7, 11) is 0. The van der Waals surface area contributed by atoms with Crippen LogP contribution in [0.3, 0.4) is 0 Å². The number of hydrogen-bond donors (Lipinski definition) is 0. The molecule has 0 N–H and O–H groups in total. The number of alkyl halides is 3. The normalized spacial score (nSPS) is 12.0. The second kappa shape index (κ2) is 5.00. The molecule has 0 spiro atoms. The average molecular weight is 313 g/mol. The van der Waals surface area contributed by atoms with Crippen LogP contribution in [-0.4, -0.2) is 19.6 Å². The van der Waals surface area contributed by atoms with Crippen molar-refractivity contribution in [2.24, 2.45) is 0 Å². The van der Waals surface area contributed by atoms with E-state index in [9.17, 15) is 13.2 Å². The molecule has 4 nitrogen and oxygen atoms in total. The zero-order valence-corrected chi connectivity index (χ0v) is 11.2. The first-order valence-electron chi connectivity index (χ1n) is 5.95. The van der Waals surface area contributed by atoms with Gasteiger partial charge in [0.2, 0.25) is 0 Å². The monoisotopic (exact) mass is 312 g/mol. The molecule has 0 saturated carbocycles. The highest BCUT2D eigenvalue weighted by molar-refractivity contribution is 6.29. The van der Waals surface area contributed by atoms with Crippen LogP contribution in [0, 0.1) is 0 Å². The second-order valence-corrected chi connectivity index (χ2v) is 4.80. The van der Waals surface area contributed by atoms with E-state index in [4.69, 9.17) is 11.6 Å². The van der Waals surface area contributed by atoms with Gasteiger partial charge in [-0.1, -0.05) is 23.7 Å². The van der Waals surface area contributed by atoms with Crippen molar-refractivity contribution in [3.63, 3.8) is 0 Å². The van der Waals surface area contributed by atoms with Crippen molar-refractivity contribution >= 4 is 17.2 Å². The molecule has 1 aromatic carbocycles. The fraction of sp³-hybridized carbons (Fsp3) is 0.154. The lowest BCUT2D eigenvalue weighted by atomic mass is 10.1. The predicted octanol–water partition coefficient (Wildman–Crippen LogP) is 3.39. The Balaban J connectivity index is 1.92. The van der Waals surface area contributed by atoms with Crippen LogP contribution in [0.25, 0.3) is 5.65 Å². The summed E-state index contributed by atoms with van der Waals surface area (Å²) in [6, 6.07) is 4.92. The quantitative estimate of drug-likeness (QED) is 0.728. The van der Waals surface area contributed by atoms with E-state index < -0.39 is 11.7 Å². The molecule has 0 saturated heterocycles. The molecule has 8 heteroatoms. The fourth-order valence-corrected chi connectivity index (χ4v) is 2.22. The topological polar surface area (TPSA) is 43.1 Å². The smallest absolute Gasteiger partial charge is 0.266 e. The number of aromatic nitrogens is 4. The summed E-state index contributed by atoms with van der Waals surface area (Å²) in [5.41, 5.74) is 0.495. The summed E-state index contributed by atoms with van der Waals surface area (Å²) >= 11 is 6.03. The minimum Gasteiger partial charge on any atom is -0.266 e. The minimum atomic E-state index is -4.34. The lowest BCUT2D eigenvalue weighted by molar-refractivity contribution is -0.137. The van der Waals surface area contributed by atoms with Crippen LogP contribution in [0.15, 0.2) is 36.7 Å². The zero-order chi connectivity index (χ0) is 15.0. The van der Waals surface area contributed by atoms with Gasteiger partial charge in [-0.2, -0.15) is 13.2 Å². The fourth-order valence-electron chi connectivity index (χ4n) is 1.98. The lowest BCUT2D eigenvalue weighted by Gasteiger charge is -2.07. The van der Waals surface area contributed by atoms with Gasteiger partial charge in [0, 0.05) is 6.42 Å². The molecule has 0 unspecified atom stereocenters. The van der Waals surface area contributed by atoms with Crippen molar-refractivity contribution in [1.82, 2.24) is 19.6 Å². The SMILES string of the molecule is FC(F)(F)c1ccc(Cc2nnc3cncc(Cl)n23)cc1. The number of rotatable bonds is 2. The van der Waals surface area contributed by atoms with Gasteiger partial charge in [0.15, 0.2) is 5.65 Å². The molecule has 0 bridgehead atoms. The van der Waals surface area contributed by atoms with Gasteiger partial charge < -0.3 is 0 Å². The molecule has 0 aliphatic carbocycles. The van der Waals surface area contributed by atoms with Crippen LogP contribution in [0.1, 0.15) is 17.0 Å². The minimum absolute atomic E-state index is 0.322. The summed E-state index contributed by atoms with van der Waals surface area (Å²) in [4.78, 5) is 3.89. The van der Waals surface area contributed by atoms with E-state index in [0.29, 0.717) is 28.6 Å². The number of nitrogens with zero attached hydrogens (tertiary/aromatic N) is 4. The molecule has 0 atom stereocenters. The van der Waals surface area contributed by atoms with Gasteiger partial charge in [-0.3, -0.25) is 9.38 Å². The number of halogens is 4. The van der Waals surface area contributed by atoms with Gasteiger partial charge >= 0.3 is 6.18 Å².